The molecule has 106 valence electrons. The third kappa shape index (κ3) is 5.38. The van der Waals surface area contributed by atoms with Gasteiger partial charge in [-0.25, -0.2) is 4.79 Å². The second kappa shape index (κ2) is 8.78. The van der Waals surface area contributed by atoms with Crippen molar-refractivity contribution in [2.24, 2.45) is 5.92 Å². The quantitative estimate of drug-likeness (QED) is 0.726. The maximum Gasteiger partial charge on any atom is 0.323 e. The highest BCUT2D eigenvalue weighted by Crippen LogP contribution is 2.11. The van der Waals surface area contributed by atoms with Crippen LogP contribution in [-0.2, 0) is 4.79 Å². The predicted molar refractivity (Wildman–Crippen MR) is 71.6 cm³/mol. The smallest absolute Gasteiger partial charge is 0.323 e. The Hall–Kier alpha value is -1.26. The van der Waals surface area contributed by atoms with Crippen molar-refractivity contribution in [1.82, 2.24) is 9.80 Å². The van der Waals surface area contributed by atoms with Crippen molar-refractivity contribution in [2.75, 3.05) is 26.2 Å². The highest BCUT2D eigenvalue weighted by Gasteiger charge is 2.22. The number of aliphatic carboxylic acids is 1. The van der Waals surface area contributed by atoms with Crippen molar-refractivity contribution in [3.63, 3.8) is 0 Å². The van der Waals surface area contributed by atoms with Crippen LogP contribution in [0, 0.1) is 5.92 Å². The van der Waals surface area contributed by atoms with E-state index in [4.69, 9.17) is 5.11 Å². The number of hydrogen-bond acceptors (Lipinski definition) is 2. The zero-order valence-corrected chi connectivity index (χ0v) is 12.0. The molecule has 5 nitrogen and oxygen atoms in total. The average Bonchev–Trinajstić information content (AvgIpc) is 2.36. The Bertz CT molecular complexity index is 265. The minimum absolute atomic E-state index is 0.172. The predicted octanol–water partition coefficient (Wildman–Crippen LogP) is 2.27. The molecule has 5 heteroatoms. The lowest BCUT2D eigenvalue weighted by Gasteiger charge is -2.30. The molecule has 18 heavy (non-hydrogen) atoms. The second-order valence-electron chi connectivity index (χ2n) is 4.41. The Morgan fingerprint density at radius 2 is 1.50 bits per heavy atom. The third-order valence-corrected chi connectivity index (χ3v) is 3.26. The van der Waals surface area contributed by atoms with Gasteiger partial charge in [0.25, 0.3) is 0 Å². The van der Waals surface area contributed by atoms with Crippen LogP contribution >= 0.6 is 0 Å². The van der Waals surface area contributed by atoms with E-state index in [1.165, 1.54) is 4.90 Å². The number of carboxylic acid groups (broad SMARTS) is 1. The fourth-order valence-corrected chi connectivity index (χ4v) is 1.88. The molecule has 0 radical (unpaired) electrons. The zero-order valence-electron chi connectivity index (χ0n) is 12.0. The van der Waals surface area contributed by atoms with Crippen molar-refractivity contribution in [3.8, 4) is 0 Å². The molecule has 0 aromatic rings. The number of carbonyl (C=O) groups is 2. The molecule has 1 N–H and O–H groups in total. The highest BCUT2D eigenvalue weighted by molar-refractivity contribution is 5.80. The summed E-state index contributed by atoms with van der Waals surface area (Å²) in [5, 5.41) is 8.78. The van der Waals surface area contributed by atoms with Gasteiger partial charge in [0.2, 0.25) is 0 Å². The first kappa shape index (κ1) is 16.7. The Morgan fingerprint density at radius 1 is 1.00 bits per heavy atom. The fraction of sp³-hybridized carbons (Fsp3) is 0.846. The fourth-order valence-electron chi connectivity index (χ4n) is 1.88. The van der Waals surface area contributed by atoms with Crippen LogP contribution in [0.3, 0.4) is 0 Å². The van der Waals surface area contributed by atoms with Crippen LogP contribution in [0.15, 0.2) is 0 Å². The molecule has 0 bridgehead atoms. The van der Waals surface area contributed by atoms with Crippen molar-refractivity contribution >= 4 is 12.0 Å². The van der Waals surface area contributed by atoms with Crippen LogP contribution in [0.2, 0.25) is 0 Å². The van der Waals surface area contributed by atoms with Gasteiger partial charge in [0.05, 0.1) is 0 Å². The van der Waals surface area contributed by atoms with Gasteiger partial charge < -0.3 is 14.9 Å². The molecular weight excluding hydrogens is 232 g/mol. The van der Waals surface area contributed by atoms with E-state index < -0.39 is 5.97 Å². The van der Waals surface area contributed by atoms with E-state index in [9.17, 15) is 9.59 Å². The number of urea groups is 1. The standard InChI is InChI=1S/C13H26N2O3/c1-5-11(6-2)9-14(7-3)13(18)15(8-4)10-12(16)17/h11H,5-10H2,1-4H3,(H,16,17). The van der Waals surface area contributed by atoms with Gasteiger partial charge in [-0.1, -0.05) is 26.7 Å². The second-order valence-corrected chi connectivity index (χ2v) is 4.41. The Kier molecular flexibility index (Phi) is 8.16. The summed E-state index contributed by atoms with van der Waals surface area (Å²) in [6, 6.07) is -0.172. The van der Waals surface area contributed by atoms with E-state index in [1.54, 1.807) is 11.8 Å². The first-order valence-electron chi connectivity index (χ1n) is 6.75. The van der Waals surface area contributed by atoms with Gasteiger partial charge in [-0.05, 0) is 19.8 Å². The molecule has 0 rings (SSSR count). The molecular formula is C13H26N2O3. The third-order valence-electron chi connectivity index (χ3n) is 3.26. The van der Waals surface area contributed by atoms with E-state index in [1.807, 2.05) is 6.92 Å². The maximum atomic E-state index is 12.2. The lowest BCUT2D eigenvalue weighted by molar-refractivity contribution is -0.137. The number of hydrogen-bond donors (Lipinski definition) is 1. The van der Waals surface area contributed by atoms with Crippen molar-refractivity contribution in [1.29, 1.82) is 0 Å². The van der Waals surface area contributed by atoms with E-state index in [0.29, 0.717) is 25.6 Å². The summed E-state index contributed by atoms with van der Waals surface area (Å²) in [7, 11) is 0. The monoisotopic (exact) mass is 258 g/mol. The first-order chi connectivity index (χ1) is 8.49. The Labute approximate surface area is 110 Å². The van der Waals surface area contributed by atoms with Crippen LogP contribution in [0.25, 0.3) is 0 Å². The van der Waals surface area contributed by atoms with Crippen LogP contribution < -0.4 is 0 Å². The molecule has 0 heterocycles. The van der Waals surface area contributed by atoms with E-state index in [-0.39, 0.29) is 12.6 Å². The van der Waals surface area contributed by atoms with E-state index in [2.05, 4.69) is 13.8 Å². The number of amides is 2. The van der Waals surface area contributed by atoms with Crippen LogP contribution in [-0.4, -0.2) is 53.1 Å². The van der Waals surface area contributed by atoms with Crippen LogP contribution in [0.4, 0.5) is 4.79 Å². The topological polar surface area (TPSA) is 60.9 Å². The summed E-state index contributed by atoms with van der Waals surface area (Å²) in [6.07, 6.45) is 2.07. The number of likely N-dealkylation sites (N-methyl/N-ethyl adjacent to an activating group) is 1. The maximum absolute atomic E-state index is 12.2. The number of carboxylic acids is 1. The molecule has 0 fully saturated rings. The molecule has 0 aromatic heterocycles. The summed E-state index contributed by atoms with van der Waals surface area (Å²) in [5.74, 6) is -0.485. The zero-order chi connectivity index (χ0) is 14.1. The molecule has 0 aromatic carbocycles. The number of rotatable bonds is 8. The summed E-state index contributed by atoms with van der Waals surface area (Å²) in [6.45, 7) is 9.46. The van der Waals surface area contributed by atoms with E-state index >= 15 is 0 Å². The van der Waals surface area contributed by atoms with Crippen LogP contribution in [0.5, 0.6) is 0 Å². The lowest BCUT2D eigenvalue weighted by Crippen LogP contribution is -2.46. The van der Waals surface area contributed by atoms with Gasteiger partial charge >= 0.3 is 12.0 Å². The molecule has 0 aliphatic carbocycles. The summed E-state index contributed by atoms with van der Waals surface area (Å²) >= 11 is 0. The Morgan fingerprint density at radius 3 is 1.83 bits per heavy atom. The minimum Gasteiger partial charge on any atom is -0.480 e. The molecule has 0 saturated heterocycles. The average molecular weight is 258 g/mol. The van der Waals surface area contributed by atoms with Gasteiger partial charge in [-0.2, -0.15) is 0 Å². The minimum atomic E-state index is -0.969. The molecule has 0 atom stereocenters. The molecule has 2 amide bonds. The molecule has 0 saturated carbocycles. The summed E-state index contributed by atoms with van der Waals surface area (Å²) < 4.78 is 0. The SMILES string of the molecule is CCC(CC)CN(CC)C(=O)N(CC)CC(=O)O. The number of nitrogens with zero attached hydrogens (tertiary/aromatic N) is 2. The van der Waals surface area contributed by atoms with Gasteiger partial charge in [0.1, 0.15) is 6.54 Å². The van der Waals surface area contributed by atoms with Crippen molar-refractivity contribution < 1.29 is 14.7 Å². The molecule has 0 aliphatic heterocycles. The Balaban J connectivity index is 4.61. The van der Waals surface area contributed by atoms with Gasteiger partial charge in [-0.15, -0.1) is 0 Å². The summed E-state index contributed by atoms with van der Waals surface area (Å²) in [5.41, 5.74) is 0. The van der Waals surface area contributed by atoms with Gasteiger partial charge in [0.15, 0.2) is 0 Å². The first-order valence-corrected chi connectivity index (χ1v) is 6.75. The van der Waals surface area contributed by atoms with Gasteiger partial charge in [0, 0.05) is 19.6 Å². The normalized spacial score (nSPS) is 10.5. The summed E-state index contributed by atoms with van der Waals surface area (Å²) in [4.78, 5) is 26.0. The largest absolute Gasteiger partial charge is 0.480 e. The lowest BCUT2D eigenvalue weighted by atomic mass is 10.0. The number of carbonyl (C=O) groups excluding carboxylic acids is 1. The molecule has 0 unspecified atom stereocenters. The van der Waals surface area contributed by atoms with Gasteiger partial charge in [-0.3, -0.25) is 4.79 Å². The van der Waals surface area contributed by atoms with Crippen LogP contribution in [0.1, 0.15) is 40.5 Å². The molecule has 0 aliphatic rings. The molecule has 0 spiro atoms. The van der Waals surface area contributed by atoms with Crippen molar-refractivity contribution in [3.05, 3.63) is 0 Å². The van der Waals surface area contributed by atoms with E-state index in [0.717, 1.165) is 12.8 Å². The highest BCUT2D eigenvalue weighted by atomic mass is 16.4. The van der Waals surface area contributed by atoms with Crippen molar-refractivity contribution in [2.45, 2.75) is 40.5 Å².